The van der Waals surface area contributed by atoms with Crippen LogP contribution in [0.1, 0.15) is 38.1 Å². The smallest absolute Gasteiger partial charge is 0.182 e. The molecule has 4 atom stereocenters. The van der Waals surface area contributed by atoms with Gasteiger partial charge in [0, 0.05) is 31.4 Å². The van der Waals surface area contributed by atoms with Gasteiger partial charge in [-0.2, -0.15) is 0 Å². The van der Waals surface area contributed by atoms with Crippen LogP contribution in [0.25, 0.3) is 11.4 Å². The first-order valence-electron chi connectivity index (χ1n) is 11.5. The zero-order valence-corrected chi connectivity index (χ0v) is 19.4. The largest absolute Gasteiger partial charge is 0.378 e. The van der Waals surface area contributed by atoms with E-state index in [9.17, 15) is 0 Å². The molecule has 2 N–H and O–H groups in total. The van der Waals surface area contributed by atoms with Gasteiger partial charge in [-0.05, 0) is 59.8 Å². The Morgan fingerprint density at radius 1 is 1.03 bits per heavy atom. The van der Waals surface area contributed by atoms with Crippen molar-refractivity contribution in [3.8, 4) is 11.4 Å². The van der Waals surface area contributed by atoms with Gasteiger partial charge in [-0.25, -0.2) is 4.68 Å². The number of aromatic nitrogens is 4. The molecule has 3 aliphatic rings. The fraction of sp³-hybridized carbons (Fsp3) is 0.636. The molecule has 1 aromatic carbocycles. The maximum absolute atomic E-state index is 6.16. The van der Waals surface area contributed by atoms with Gasteiger partial charge in [0.2, 0.25) is 0 Å². The van der Waals surface area contributed by atoms with Crippen molar-refractivity contribution in [1.29, 1.82) is 0 Å². The predicted octanol–water partition coefficient (Wildman–Crippen LogP) is 1.91. The normalized spacial score (nSPS) is 27.8. The average molecular weight is 458 g/mol. The first kappa shape index (κ1) is 21.5. The van der Waals surface area contributed by atoms with Gasteiger partial charge in [-0.1, -0.05) is 19.3 Å². The Morgan fingerprint density at radius 2 is 1.78 bits per heavy atom. The number of hydrogen-bond acceptors (Lipinski definition) is 7. The second-order valence-corrected chi connectivity index (χ2v) is 9.52. The molecule has 0 spiro atoms. The van der Waals surface area contributed by atoms with Crippen LogP contribution in [0.15, 0.2) is 24.3 Å². The molecular weight excluding hydrogens is 426 g/mol. The molecule has 3 fully saturated rings. The molecule has 172 valence electrons. The van der Waals surface area contributed by atoms with Crippen LogP contribution in [0.5, 0.6) is 0 Å². The Kier molecular flexibility index (Phi) is 6.25. The highest BCUT2D eigenvalue weighted by Gasteiger charge is 2.49. The number of anilines is 1. The van der Waals surface area contributed by atoms with Crippen LogP contribution in [-0.2, 0) is 9.47 Å². The summed E-state index contributed by atoms with van der Waals surface area (Å²) in [6.07, 6.45) is 6.04. The lowest BCUT2D eigenvalue weighted by atomic mass is 9.96. The minimum Gasteiger partial charge on any atom is -0.378 e. The van der Waals surface area contributed by atoms with Crippen molar-refractivity contribution < 1.29 is 9.47 Å². The predicted molar refractivity (Wildman–Crippen MR) is 126 cm³/mol. The summed E-state index contributed by atoms with van der Waals surface area (Å²) in [6, 6.07) is 8.63. The molecule has 5 rings (SSSR count). The molecular formula is C22H31N7O2S. The summed E-state index contributed by atoms with van der Waals surface area (Å²) in [6.45, 7) is 1.05. The summed E-state index contributed by atoms with van der Waals surface area (Å²) in [5.74, 6) is 0.721. The number of nitrogens with one attached hydrogen (secondary N) is 2. The molecule has 2 aliphatic heterocycles. The SMILES string of the molecule is CN(C)c1ccc(-c2nnnn2C2COC3C(NC(=S)NC4CCCCC4)COC32)cc1. The molecule has 9 nitrogen and oxygen atoms in total. The molecule has 3 heterocycles. The zero-order valence-electron chi connectivity index (χ0n) is 18.6. The Morgan fingerprint density at radius 3 is 2.53 bits per heavy atom. The monoisotopic (exact) mass is 457 g/mol. The van der Waals surface area contributed by atoms with E-state index in [1.54, 1.807) is 0 Å². The van der Waals surface area contributed by atoms with Crippen LogP contribution >= 0.6 is 12.2 Å². The number of fused-ring (bicyclic) bond motifs is 1. The van der Waals surface area contributed by atoms with Gasteiger partial charge in [-0.15, -0.1) is 5.10 Å². The minimum absolute atomic E-state index is 0.0212. The van der Waals surface area contributed by atoms with E-state index >= 15 is 0 Å². The highest BCUT2D eigenvalue weighted by atomic mass is 32.1. The van der Waals surface area contributed by atoms with Gasteiger partial charge in [0.25, 0.3) is 0 Å². The third kappa shape index (κ3) is 4.31. The van der Waals surface area contributed by atoms with Crippen molar-refractivity contribution in [1.82, 2.24) is 30.8 Å². The van der Waals surface area contributed by atoms with Gasteiger partial charge < -0.3 is 25.0 Å². The quantitative estimate of drug-likeness (QED) is 0.654. The van der Waals surface area contributed by atoms with E-state index in [0.29, 0.717) is 24.4 Å². The Labute approximate surface area is 193 Å². The van der Waals surface area contributed by atoms with E-state index in [1.807, 2.05) is 30.9 Å². The second-order valence-electron chi connectivity index (χ2n) is 9.11. The van der Waals surface area contributed by atoms with E-state index in [1.165, 1.54) is 32.1 Å². The second kappa shape index (κ2) is 9.29. The van der Waals surface area contributed by atoms with E-state index in [-0.39, 0.29) is 24.3 Å². The number of benzene rings is 1. The van der Waals surface area contributed by atoms with Gasteiger partial charge in [0.1, 0.15) is 18.2 Å². The lowest BCUT2D eigenvalue weighted by molar-refractivity contribution is 0.0626. The number of tetrazole rings is 1. The standard InChI is InChI=1S/C22H31N7O2S/c1-28(2)16-10-8-14(9-11-16)21-25-26-27-29(21)18-13-31-19-17(12-30-20(18)19)24-22(32)23-15-6-4-3-5-7-15/h8-11,15,17-20H,3-7,12-13H2,1-2H3,(H2,23,24,32). The molecule has 32 heavy (non-hydrogen) atoms. The summed E-state index contributed by atoms with van der Waals surface area (Å²) in [5, 5.41) is 20.1. The van der Waals surface area contributed by atoms with Crippen LogP contribution in [0.4, 0.5) is 5.69 Å². The molecule has 4 unspecified atom stereocenters. The van der Waals surface area contributed by atoms with E-state index in [0.717, 1.165) is 17.1 Å². The van der Waals surface area contributed by atoms with Crippen molar-refractivity contribution in [2.45, 2.75) is 62.4 Å². The lowest BCUT2D eigenvalue weighted by Crippen LogP contribution is -2.50. The molecule has 10 heteroatoms. The van der Waals surface area contributed by atoms with Crippen LogP contribution in [-0.4, -0.2) is 76.9 Å². The first-order chi connectivity index (χ1) is 15.6. The maximum atomic E-state index is 6.16. The number of ether oxygens (including phenoxy) is 2. The number of rotatable bonds is 5. The molecule has 0 radical (unpaired) electrons. The van der Waals surface area contributed by atoms with Crippen LogP contribution in [0.2, 0.25) is 0 Å². The Bertz CT molecular complexity index is 929. The Balaban J connectivity index is 1.24. The van der Waals surface area contributed by atoms with E-state index in [2.05, 4.69) is 43.2 Å². The Hall–Kier alpha value is -2.30. The van der Waals surface area contributed by atoms with Crippen LogP contribution in [0.3, 0.4) is 0 Å². The maximum Gasteiger partial charge on any atom is 0.182 e. The fourth-order valence-corrected chi connectivity index (χ4v) is 5.29. The number of hydrogen-bond donors (Lipinski definition) is 2. The molecule has 2 saturated heterocycles. The average Bonchev–Trinajstić information content (AvgIpc) is 3.52. The van der Waals surface area contributed by atoms with Gasteiger partial charge in [-0.3, -0.25) is 0 Å². The third-order valence-electron chi connectivity index (χ3n) is 6.73. The van der Waals surface area contributed by atoms with Gasteiger partial charge >= 0.3 is 0 Å². The van der Waals surface area contributed by atoms with Crippen molar-refractivity contribution in [2.24, 2.45) is 0 Å². The molecule has 1 saturated carbocycles. The van der Waals surface area contributed by atoms with Crippen molar-refractivity contribution >= 4 is 23.0 Å². The number of thiocarbonyl (C=S) groups is 1. The molecule has 0 amide bonds. The zero-order chi connectivity index (χ0) is 22.1. The molecule has 0 bridgehead atoms. The summed E-state index contributed by atoms with van der Waals surface area (Å²) in [4.78, 5) is 2.06. The van der Waals surface area contributed by atoms with Gasteiger partial charge in [0.05, 0.1) is 19.3 Å². The summed E-state index contributed by atoms with van der Waals surface area (Å²) < 4.78 is 14.2. The van der Waals surface area contributed by atoms with Crippen molar-refractivity contribution in [3.63, 3.8) is 0 Å². The fourth-order valence-electron chi connectivity index (χ4n) is 4.97. The number of nitrogens with zero attached hydrogens (tertiary/aromatic N) is 5. The van der Waals surface area contributed by atoms with Crippen molar-refractivity contribution in [3.05, 3.63) is 24.3 Å². The topological polar surface area (TPSA) is 89.4 Å². The van der Waals surface area contributed by atoms with Crippen LogP contribution < -0.4 is 15.5 Å². The van der Waals surface area contributed by atoms with Crippen LogP contribution in [0, 0.1) is 0 Å². The van der Waals surface area contributed by atoms with Gasteiger partial charge in [0.15, 0.2) is 10.9 Å². The lowest BCUT2D eigenvalue weighted by Gasteiger charge is -2.26. The summed E-state index contributed by atoms with van der Waals surface area (Å²) in [5.41, 5.74) is 2.09. The highest BCUT2D eigenvalue weighted by molar-refractivity contribution is 7.80. The summed E-state index contributed by atoms with van der Waals surface area (Å²) in [7, 11) is 4.04. The molecule has 2 aromatic rings. The minimum atomic E-state index is -0.117. The highest BCUT2D eigenvalue weighted by Crippen LogP contribution is 2.36. The molecule has 1 aliphatic carbocycles. The van der Waals surface area contributed by atoms with Crippen molar-refractivity contribution in [2.75, 3.05) is 32.2 Å². The molecule has 1 aromatic heterocycles. The third-order valence-corrected chi connectivity index (χ3v) is 6.97. The van der Waals surface area contributed by atoms with E-state index in [4.69, 9.17) is 21.7 Å². The summed E-state index contributed by atoms with van der Waals surface area (Å²) >= 11 is 5.58. The first-order valence-corrected chi connectivity index (χ1v) is 11.9. The van der Waals surface area contributed by atoms with E-state index < -0.39 is 0 Å².